The van der Waals surface area contributed by atoms with Crippen LogP contribution in [0.15, 0.2) is 0 Å². The first-order valence-corrected chi connectivity index (χ1v) is 4.27. The van der Waals surface area contributed by atoms with Crippen molar-refractivity contribution in [2.24, 2.45) is 0 Å². The van der Waals surface area contributed by atoms with E-state index < -0.39 is 31.4 Å². The third kappa shape index (κ3) is 24.5. The maximum atomic E-state index is 9.66. The second-order valence-electron chi connectivity index (χ2n) is 2.55. The van der Waals surface area contributed by atoms with Crippen LogP contribution < -0.4 is 0 Å². The molecule has 0 spiro atoms. The molecule has 0 aromatic heterocycles. The number of aliphatic carboxylic acids is 2. The fraction of sp³-hybridized carbons (Fsp3) is 0.750. The first-order valence-electron chi connectivity index (χ1n) is 4.27. The summed E-state index contributed by atoms with van der Waals surface area (Å²) in [5.74, 6) is -2.34. The van der Waals surface area contributed by atoms with Crippen LogP contribution >= 0.6 is 0 Å². The van der Waals surface area contributed by atoms with E-state index in [1.165, 1.54) is 0 Å². The van der Waals surface area contributed by atoms with Gasteiger partial charge in [-0.3, -0.25) is 0 Å². The molecule has 0 bridgehead atoms. The van der Waals surface area contributed by atoms with Gasteiger partial charge in [0, 0.05) is 0 Å². The molecule has 15 heavy (non-hydrogen) atoms. The smallest absolute Gasteiger partial charge is 0.329 e. The highest BCUT2D eigenvalue weighted by Crippen LogP contribution is 1.88. The van der Waals surface area contributed by atoms with Crippen LogP contribution in [0.2, 0.25) is 0 Å². The zero-order valence-electron chi connectivity index (χ0n) is 8.42. The van der Waals surface area contributed by atoms with Gasteiger partial charge >= 0.3 is 11.9 Å². The molecular weight excluding hydrogens is 208 g/mol. The summed E-state index contributed by atoms with van der Waals surface area (Å²) in [5.41, 5.74) is 0. The van der Waals surface area contributed by atoms with Gasteiger partial charge in [-0.1, -0.05) is 13.3 Å². The minimum absolute atomic E-state index is 0.486. The standard InChI is InChI=1S/C4H6O5.C4H10O2/c5-3(6)1-9-2-4(7)8;1-2-3-4(5)6/h1-2H2,(H,5,6)(H,7,8);4-6H,2-3H2,1H3. The average molecular weight is 224 g/mol. The third-order valence-corrected chi connectivity index (χ3v) is 0.998. The van der Waals surface area contributed by atoms with Crippen LogP contribution in [0.25, 0.3) is 0 Å². The van der Waals surface area contributed by atoms with Crippen molar-refractivity contribution in [2.45, 2.75) is 26.1 Å². The summed E-state index contributed by atoms with van der Waals surface area (Å²) in [6.45, 7) is 0.776. The lowest BCUT2D eigenvalue weighted by atomic mass is 10.3. The molecule has 0 unspecified atom stereocenters. The summed E-state index contributed by atoms with van der Waals surface area (Å²) < 4.78 is 4.16. The topological polar surface area (TPSA) is 124 Å². The molecule has 0 aromatic rings. The minimum atomic E-state index is -1.17. The Morgan fingerprint density at radius 3 is 1.67 bits per heavy atom. The van der Waals surface area contributed by atoms with Crippen LogP contribution in [0.3, 0.4) is 0 Å². The van der Waals surface area contributed by atoms with Crippen LogP contribution in [-0.2, 0) is 14.3 Å². The zero-order valence-corrected chi connectivity index (χ0v) is 8.42. The molecule has 0 saturated heterocycles. The van der Waals surface area contributed by atoms with Gasteiger partial charge in [0.05, 0.1) is 0 Å². The van der Waals surface area contributed by atoms with Gasteiger partial charge in [-0.2, -0.15) is 0 Å². The third-order valence-electron chi connectivity index (χ3n) is 0.998. The summed E-state index contributed by atoms with van der Waals surface area (Å²) >= 11 is 0. The Morgan fingerprint density at radius 2 is 1.53 bits per heavy atom. The van der Waals surface area contributed by atoms with Gasteiger partial charge in [0.15, 0.2) is 6.29 Å². The van der Waals surface area contributed by atoms with Gasteiger partial charge in [0.2, 0.25) is 0 Å². The maximum absolute atomic E-state index is 9.66. The molecule has 0 aliphatic carbocycles. The van der Waals surface area contributed by atoms with Crippen LogP contribution in [0.4, 0.5) is 0 Å². The first kappa shape index (κ1) is 16.3. The second-order valence-corrected chi connectivity index (χ2v) is 2.55. The monoisotopic (exact) mass is 224 g/mol. The molecule has 0 aliphatic heterocycles. The molecule has 4 N–H and O–H groups in total. The van der Waals surface area contributed by atoms with Crippen molar-refractivity contribution in [3.63, 3.8) is 0 Å². The van der Waals surface area contributed by atoms with Gasteiger partial charge in [0.25, 0.3) is 0 Å². The van der Waals surface area contributed by atoms with Crippen molar-refractivity contribution in [3.8, 4) is 0 Å². The Bertz CT molecular complexity index is 164. The fourth-order valence-electron chi connectivity index (χ4n) is 0.484. The summed E-state index contributed by atoms with van der Waals surface area (Å²) in [6, 6.07) is 0. The summed E-state index contributed by atoms with van der Waals surface area (Å²) in [5, 5.41) is 32.0. The Labute approximate surface area is 86.9 Å². The Kier molecular flexibility index (Phi) is 11.8. The van der Waals surface area contributed by atoms with Crippen molar-refractivity contribution >= 4 is 11.9 Å². The van der Waals surface area contributed by atoms with E-state index in [2.05, 4.69) is 4.74 Å². The fourth-order valence-corrected chi connectivity index (χ4v) is 0.484. The first-order chi connectivity index (χ1) is 6.90. The van der Waals surface area contributed by atoms with E-state index >= 15 is 0 Å². The number of hydrogen-bond donors (Lipinski definition) is 4. The highest BCUT2D eigenvalue weighted by Gasteiger charge is 1.99. The van der Waals surface area contributed by atoms with E-state index in [1.807, 2.05) is 6.92 Å². The van der Waals surface area contributed by atoms with E-state index in [-0.39, 0.29) is 0 Å². The summed E-state index contributed by atoms with van der Waals surface area (Å²) in [7, 11) is 0. The lowest BCUT2D eigenvalue weighted by Gasteiger charge is -1.94. The average Bonchev–Trinajstić information content (AvgIpc) is 2.03. The normalized spacial score (nSPS) is 9.33. The van der Waals surface area contributed by atoms with Crippen LogP contribution in [0.5, 0.6) is 0 Å². The molecule has 90 valence electrons. The number of hydrogen-bond acceptors (Lipinski definition) is 5. The predicted molar refractivity (Wildman–Crippen MR) is 49.2 cm³/mol. The maximum Gasteiger partial charge on any atom is 0.329 e. The number of ether oxygens (including phenoxy) is 1. The van der Waals surface area contributed by atoms with E-state index in [4.69, 9.17) is 20.4 Å². The lowest BCUT2D eigenvalue weighted by molar-refractivity contribution is -0.148. The predicted octanol–water partition coefficient (Wildman–Crippen LogP) is -0.731. The minimum Gasteiger partial charge on any atom is -0.480 e. The van der Waals surface area contributed by atoms with Gasteiger partial charge in [0.1, 0.15) is 13.2 Å². The highest BCUT2D eigenvalue weighted by molar-refractivity contribution is 5.70. The molecule has 0 aliphatic rings. The van der Waals surface area contributed by atoms with E-state index in [1.54, 1.807) is 0 Å². The Hall–Kier alpha value is -1.18. The number of carbonyl (C=O) groups is 2. The molecule has 0 rings (SSSR count). The number of aliphatic hydroxyl groups excluding tert-OH is 1. The molecule has 0 heterocycles. The van der Waals surface area contributed by atoms with Crippen molar-refractivity contribution in [1.29, 1.82) is 0 Å². The number of carboxylic acid groups (broad SMARTS) is 2. The Balaban J connectivity index is 0. The summed E-state index contributed by atoms with van der Waals surface area (Å²) in [6.07, 6.45) is 0.215. The zero-order chi connectivity index (χ0) is 12.3. The van der Waals surface area contributed by atoms with Crippen molar-refractivity contribution in [3.05, 3.63) is 0 Å². The molecule has 0 saturated carbocycles. The summed E-state index contributed by atoms with van der Waals surface area (Å²) in [4.78, 5) is 19.3. The molecular formula is C8H16O7. The lowest BCUT2D eigenvalue weighted by Crippen LogP contribution is -2.13. The highest BCUT2D eigenvalue weighted by atomic mass is 16.5. The number of rotatable bonds is 6. The number of aliphatic hydroxyl groups is 2. The quantitative estimate of drug-likeness (QED) is 0.438. The largest absolute Gasteiger partial charge is 0.480 e. The van der Waals surface area contributed by atoms with Gasteiger partial charge < -0.3 is 25.2 Å². The van der Waals surface area contributed by atoms with E-state index in [0.717, 1.165) is 6.42 Å². The van der Waals surface area contributed by atoms with Gasteiger partial charge in [-0.15, -0.1) is 0 Å². The van der Waals surface area contributed by atoms with Gasteiger partial charge in [-0.25, -0.2) is 9.59 Å². The van der Waals surface area contributed by atoms with Crippen LogP contribution in [0, 0.1) is 0 Å². The molecule has 0 atom stereocenters. The molecule has 7 heteroatoms. The van der Waals surface area contributed by atoms with Crippen molar-refractivity contribution < 1.29 is 34.8 Å². The van der Waals surface area contributed by atoms with Gasteiger partial charge in [-0.05, 0) is 6.42 Å². The van der Waals surface area contributed by atoms with E-state index in [0.29, 0.717) is 6.42 Å². The molecule has 0 amide bonds. The molecule has 7 nitrogen and oxygen atoms in total. The van der Waals surface area contributed by atoms with Crippen LogP contribution in [0.1, 0.15) is 19.8 Å². The van der Waals surface area contributed by atoms with E-state index in [9.17, 15) is 9.59 Å². The SMILES string of the molecule is CCCC(O)O.O=C(O)COCC(=O)O. The Morgan fingerprint density at radius 1 is 1.13 bits per heavy atom. The molecule has 0 radical (unpaired) electrons. The second kappa shape index (κ2) is 10.9. The molecule has 0 aromatic carbocycles. The van der Waals surface area contributed by atoms with Crippen molar-refractivity contribution in [1.82, 2.24) is 0 Å². The van der Waals surface area contributed by atoms with Crippen molar-refractivity contribution in [2.75, 3.05) is 13.2 Å². The molecule has 0 fully saturated rings. The number of carboxylic acids is 2. The van der Waals surface area contributed by atoms with Crippen LogP contribution in [-0.4, -0.2) is 51.9 Å².